The van der Waals surface area contributed by atoms with E-state index in [1.54, 1.807) is 17.6 Å². The normalized spacial score (nSPS) is 12.2. The second-order valence-corrected chi connectivity index (χ2v) is 9.13. The van der Waals surface area contributed by atoms with Gasteiger partial charge in [0.05, 0.1) is 40.9 Å². The Morgan fingerprint density at radius 3 is 2.29 bits per heavy atom. The number of thioether (sulfide) groups is 1. The Kier molecular flexibility index (Phi) is 7.73. The SMILES string of the molecule is CCOC(=O)c1ccc2c(c1)nc(SCc1ccc(F)cc1C(F)(F)F)n2Cc1ccc(C(F)(F)F)cc1. The van der Waals surface area contributed by atoms with Crippen LogP contribution in [0.4, 0.5) is 30.7 Å². The van der Waals surface area contributed by atoms with Crippen molar-refractivity contribution in [2.75, 3.05) is 6.61 Å². The first-order valence-corrected chi connectivity index (χ1v) is 12.2. The van der Waals surface area contributed by atoms with Crippen molar-refractivity contribution in [2.45, 2.75) is 36.7 Å². The van der Waals surface area contributed by atoms with Crippen molar-refractivity contribution in [3.8, 4) is 0 Å². The number of carbonyl (C=O) groups is 1. The van der Waals surface area contributed by atoms with E-state index in [0.717, 1.165) is 36.0 Å². The van der Waals surface area contributed by atoms with E-state index in [1.807, 2.05) is 0 Å². The maximum Gasteiger partial charge on any atom is 0.416 e. The van der Waals surface area contributed by atoms with Gasteiger partial charge in [-0.15, -0.1) is 0 Å². The number of rotatable bonds is 7. The molecule has 1 aromatic heterocycles. The number of benzene rings is 3. The van der Waals surface area contributed by atoms with Crippen molar-refractivity contribution in [1.29, 1.82) is 0 Å². The first-order valence-electron chi connectivity index (χ1n) is 11.2. The fourth-order valence-electron chi connectivity index (χ4n) is 3.77. The molecule has 0 saturated heterocycles. The summed E-state index contributed by atoms with van der Waals surface area (Å²) in [5.74, 6) is -1.81. The molecule has 0 saturated carbocycles. The second kappa shape index (κ2) is 10.7. The van der Waals surface area contributed by atoms with Crippen LogP contribution in [0, 0.1) is 5.82 Å². The van der Waals surface area contributed by atoms with Crippen LogP contribution in [-0.2, 0) is 29.4 Å². The summed E-state index contributed by atoms with van der Waals surface area (Å²) in [6.45, 7) is 1.86. The van der Waals surface area contributed by atoms with Crippen molar-refractivity contribution >= 4 is 28.8 Å². The summed E-state index contributed by atoms with van der Waals surface area (Å²) in [4.78, 5) is 16.6. The molecule has 4 aromatic rings. The van der Waals surface area contributed by atoms with Gasteiger partial charge in [0, 0.05) is 5.75 Å². The number of hydrogen-bond acceptors (Lipinski definition) is 4. The molecular formula is C26H19F7N2O2S. The van der Waals surface area contributed by atoms with E-state index in [1.165, 1.54) is 24.3 Å². The zero-order chi connectivity index (χ0) is 27.7. The van der Waals surface area contributed by atoms with Crippen LogP contribution in [-0.4, -0.2) is 22.1 Å². The summed E-state index contributed by atoms with van der Waals surface area (Å²) in [7, 11) is 0. The number of carbonyl (C=O) groups excluding carboxylic acids is 1. The lowest BCUT2D eigenvalue weighted by Gasteiger charge is -2.14. The number of esters is 1. The molecule has 3 aromatic carbocycles. The number of aromatic nitrogens is 2. The van der Waals surface area contributed by atoms with Crippen LogP contribution in [0.15, 0.2) is 65.8 Å². The third kappa shape index (κ3) is 6.12. The Labute approximate surface area is 216 Å². The van der Waals surface area contributed by atoms with Crippen LogP contribution in [0.25, 0.3) is 11.0 Å². The van der Waals surface area contributed by atoms with E-state index in [-0.39, 0.29) is 35.2 Å². The first-order chi connectivity index (χ1) is 17.9. The number of ether oxygens (including phenoxy) is 1. The van der Waals surface area contributed by atoms with Gasteiger partial charge in [-0.3, -0.25) is 0 Å². The van der Waals surface area contributed by atoms with E-state index in [2.05, 4.69) is 4.98 Å². The number of imidazole rings is 1. The van der Waals surface area contributed by atoms with Crippen LogP contribution < -0.4 is 0 Å². The minimum atomic E-state index is -4.77. The van der Waals surface area contributed by atoms with Gasteiger partial charge < -0.3 is 9.30 Å². The predicted molar refractivity (Wildman–Crippen MR) is 127 cm³/mol. The highest BCUT2D eigenvalue weighted by Crippen LogP contribution is 2.36. The van der Waals surface area contributed by atoms with Gasteiger partial charge in [-0.25, -0.2) is 14.2 Å². The van der Waals surface area contributed by atoms with Crippen LogP contribution >= 0.6 is 11.8 Å². The largest absolute Gasteiger partial charge is 0.462 e. The zero-order valence-corrected chi connectivity index (χ0v) is 20.5. The van der Waals surface area contributed by atoms with E-state index in [4.69, 9.17) is 4.74 Å². The zero-order valence-electron chi connectivity index (χ0n) is 19.7. The summed E-state index contributed by atoms with van der Waals surface area (Å²) < 4.78 is 99.5. The molecule has 0 unspecified atom stereocenters. The number of hydrogen-bond donors (Lipinski definition) is 0. The van der Waals surface area contributed by atoms with Gasteiger partial charge in [-0.2, -0.15) is 26.3 Å². The topological polar surface area (TPSA) is 44.1 Å². The minimum absolute atomic E-state index is 0.0608. The summed E-state index contributed by atoms with van der Waals surface area (Å²) in [6.07, 6.45) is -9.27. The molecule has 0 amide bonds. The molecule has 0 atom stereocenters. The Morgan fingerprint density at radius 1 is 0.947 bits per heavy atom. The Morgan fingerprint density at radius 2 is 1.66 bits per heavy atom. The molecule has 0 aliphatic carbocycles. The van der Waals surface area contributed by atoms with Crippen LogP contribution in [0.1, 0.15) is 39.5 Å². The Bertz CT molecular complexity index is 1460. The van der Waals surface area contributed by atoms with E-state index in [0.29, 0.717) is 22.7 Å². The van der Waals surface area contributed by atoms with Gasteiger partial charge in [0.1, 0.15) is 5.82 Å². The van der Waals surface area contributed by atoms with Gasteiger partial charge in [-0.05, 0) is 60.5 Å². The quantitative estimate of drug-likeness (QED) is 0.133. The maximum absolute atomic E-state index is 13.5. The average Bonchev–Trinajstić information content (AvgIpc) is 3.19. The maximum atomic E-state index is 13.5. The van der Waals surface area contributed by atoms with Crippen molar-refractivity contribution in [1.82, 2.24) is 9.55 Å². The molecule has 12 heteroatoms. The van der Waals surface area contributed by atoms with E-state index >= 15 is 0 Å². The Balaban J connectivity index is 1.72. The van der Waals surface area contributed by atoms with Crippen LogP contribution in [0.5, 0.6) is 0 Å². The molecule has 4 rings (SSSR count). The summed E-state index contributed by atoms with van der Waals surface area (Å²) >= 11 is 0.946. The van der Waals surface area contributed by atoms with Crippen LogP contribution in [0.3, 0.4) is 0 Å². The fourth-order valence-corrected chi connectivity index (χ4v) is 4.79. The number of fused-ring (bicyclic) bond motifs is 1. The summed E-state index contributed by atoms with van der Waals surface area (Å²) in [5, 5.41) is 0.262. The van der Waals surface area contributed by atoms with Gasteiger partial charge >= 0.3 is 18.3 Å². The predicted octanol–water partition coefficient (Wildman–Crippen LogP) is 7.73. The summed E-state index contributed by atoms with van der Waals surface area (Å²) in [6, 6.07) is 11.4. The van der Waals surface area contributed by atoms with Gasteiger partial charge in [0.25, 0.3) is 0 Å². The highest BCUT2D eigenvalue weighted by Gasteiger charge is 2.34. The standard InChI is InChI=1S/C26H19F7N2O2S/c1-2-37-23(36)16-6-10-22-21(11-16)34-24(35(22)13-15-3-7-18(8-4-15)25(28,29)30)38-14-17-5-9-19(27)12-20(17)26(31,32)33/h3-12H,2,13-14H2,1H3. The molecule has 0 aliphatic rings. The van der Waals surface area contributed by atoms with Gasteiger partial charge in [-0.1, -0.05) is 30.0 Å². The van der Waals surface area contributed by atoms with Gasteiger partial charge in [0.15, 0.2) is 5.16 Å². The number of nitrogens with zero attached hydrogens (tertiary/aromatic N) is 2. The minimum Gasteiger partial charge on any atom is -0.462 e. The summed E-state index contributed by atoms with van der Waals surface area (Å²) in [5.41, 5.74) is -0.527. The molecule has 0 fully saturated rings. The Hall–Kier alpha value is -3.54. The van der Waals surface area contributed by atoms with Crippen molar-refractivity contribution in [3.63, 3.8) is 0 Å². The monoisotopic (exact) mass is 556 g/mol. The third-order valence-corrected chi connectivity index (χ3v) is 6.61. The van der Waals surface area contributed by atoms with E-state index in [9.17, 15) is 35.5 Å². The molecule has 0 radical (unpaired) electrons. The highest BCUT2D eigenvalue weighted by molar-refractivity contribution is 7.98. The second-order valence-electron chi connectivity index (χ2n) is 8.19. The first kappa shape index (κ1) is 27.5. The van der Waals surface area contributed by atoms with Gasteiger partial charge in [0.2, 0.25) is 0 Å². The molecule has 0 bridgehead atoms. The fraction of sp³-hybridized carbons (Fsp3) is 0.231. The van der Waals surface area contributed by atoms with Crippen molar-refractivity contribution in [3.05, 3.63) is 94.3 Å². The number of alkyl halides is 6. The van der Waals surface area contributed by atoms with Crippen LogP contribution in [0.2, 0.25) is 0 Å². The molecule has 38 heavy (non-hydrogen) atoms. The van der Waals surface area contributed by atoms with Crippen molar-refractivity contribution in [2.24, 2.45) is 0 Å². The lowest BCUT2D eigenvalue weighted by molar-refractivity contribution is -0.138. The average molecular weight is 557 g/mol. The molecular weight excluding hydrogens is 537 g/mol. The molecule has 200 valence electrons. The molecule has 0 aliphatic heterocycles. The number of halogens is 7. The lowest BCUT2D eigenvalue weighted by Crippen LogP contribution is -2.09. The molecule has 1 heterocycles. The van der Waals surface area contributed by atoms with Crippen molar-refractivity contribution < 1.29 is 40.3 Å². The molecule has 0 N–H and O–H groups in total. The smallest absolute Gasteiger partial charge is 0.416 e. The third-order valence-electron chi connectivity index (χ3n) is 5.58. The molecule has 0 spiro atoms. The lowest BCUT2D eigenvalue weighted by atomic mass is 10.1. The highest BCUT2D eigenvalue weighted by atomic mass is 32.2. The molecule has 4 nitrogen and oxygen atoms in total. The van der Waals surface area contributed by atoms with E-state index < -0.39 is 35.3 Å².